The summed E-state index contributed by atoms with van der Waals surface area (Å²) in [6, 6.07) is 10.8. The quantitative estimate of drug-likeness (QED) is 0.225. The van der Waals surface area contributed by atoms with Crippen LogP contribution in [0, 0.1) is 11.8 Å². The highest BCUT2D eigenvalue weighted by atomic mass is 14.2. The van der Waals surface area contributed by atoms with E-state index in [9.17, 15) is 0 Å². The predicted molar refractivity (Wildman–Crippen MR) is 123 cm³/mol. The first kappa shape index (κ1) is 24.3. The first-order valence-electron chi connectivity index (χ1n) is 12.0. The summed E-state index contributed by atoms with van der Waals surface area (Å²) in [7, 11) is 0. The van der Waals surface area contributed by atoms with Crippen molar-refractivity contribution in [1.82, 2.24) is 0 Å². The Bertz CT molecular complexity index is 417. The highest BCUT2D eigenvalue weighted by Gasteiger charge is 2.18. The molecule has 0 spiro atoms. The molecule has 0 unspecified atom stereocenters. The van der Waals surface area contributed by atoms with Crippen LogP contribution in [-0.4, -0.2) is 0 Å². The van der Waals surface area contributed by atoms with E-state index in [1.165, 1.54) is 108 Å². The van der Waals surface area contributed by atoms with E-state index in [1.54, 1.807) is 0 Å². The normalized spacial score (nSPS) is 11.8. The standard InChI is InChI=1S/C27H47/c1-4-5-6-7-8-9-10-11-12-13-14-15-16-17-21-24-27(2,3)25-26-22-19-18-20-23-26/h18-20,22-23,25H,4-17,21,24H2,1-3H3. The predicted octanol–water partition coefficient (Wildman–Crippen LogP) is 9.53. The molecule has 0 bridgehead atoms. The van der Waals surface area contributed by atoms with Gasteiger partial charge in [0.15, 0.2) is 0 Å². The molecule has 0 amide bonds. The van der Waals surface area contributed by atoms with E-state index in [0.717, 1.165) is 0 Å². The Hall–Kier alpha value is -0.780. The lowest BCUT2D eigenvalue weighted by Crippen LogP contribution is -2.12. The molecule has 155 valence electrons. The lowest BCUT2D eigenvalue weighted by Gasteiger charge is -2.24. The summed E-state index contributed by atoms with van der Waals surface area (Å²) < 4.78 is 0. The number of unbranched alkanes of at least 4 members (excludes halogenated alkanes) is 14. The molecule has 1 aromatic rings. The fraction of sp³-hybridized carbons (Fsp3) is 0.741. The minimum atomic E-state index is 0.317. The molecule has 0 aliphatic heterocycles. The molecule has 0 aliphatic carbocycles. The zero-order valence-corrected chi connectivity index (χ0v) is 18.8. The maximum atomic E-state index is 2.44. The zero-order chi connectivity index (χ0) is 19.6. The average molecular weight is 372 g/mol. The lowest BCUT2D eigenvalue weighted by molar-refractivity contribution is 0.382. The van der Waals surface area contributed by atoms with E-state index in [-0.39, 0.29) is 0 Å². The first-order chi connectivity index (χ1) is 13.1. The molecule has 0 nitrogen and oxygen atoms in total. The van der Waals surface area contributed by atoms with Gasteiger partial charge in [-0.05, 0) is 23.8 Å². The SMILES string of the molecule is CCCCCCCCCCCCCCCCCC(C)(C)[CH]c1ccccc1. The van der Waals surface area contributed by atoms with Crippen LogP contribution < -0.4 is 0 Å². The van der Waals surface area contributed by atoms with Gasteiger partial charge in [0, 0.05) is 0 Å². The fourth-order valence-electron chi connectivity index (χ4n) is 4.02. The van der Waals surface area contributed by atoms with Crippen LogP contribution >= 0.6 is 0 Å². The van der Waals surface area contributed by atoms with Gasteiger partial charge in [0.05, 0.1) is 0 Å². The summed E-state index contributed by atoms with van der Waals surface area (Å²) in [4.78, 5) is 0. The van der Waals surface area contributed by atoms with Gasteiger partial charge in [-0.25, -0.2) is 0 Å². The van der Waals surface area contributed by atoms with Gasteiger partial charge in [-0.1, -0.05) is 147 Å². The summed E-state index contributed by atoms with van der Waals surface area (Å²) in [5.41, 5.74) is 1.68. The highest BCUT2D eigenvalue weighted by Crippen LogP contribution is 2.30. The summed E-state index contributed by atoms with van der Waals surface area (Å²) in [5.74, 6) is 0. The van der Waals surface area contributed by atoms with Crippen LogP contribution in [0.2, 0.25) is 0 Å². The zero-order valence-electron chi connectivity index (χ0n) is 18.8. The van der Waals surface area contributed by atoms with Gasteiger partial charge in [-0.15, -0.1) is 0 Å². The Balaban J connectivity index is 1.85. The third-order valence-corrected chi connectivity index (χ3v) is 5.78. The molecule has 0 saturated heterocycles. The number of hydrogen-bond donors (Lipinski definition) is 0. The number of hydrogen-bond acceptors (Lipinski definition) is 0. The Labute approximate surface area is 171 Å². The minimum Gasteiger partial charge on any atom is -0.0654 e. The monoisotopic (exact) mass is 371 g/mol. The van der Waals surface area contributed by atoms with Gasteiger partial charge in [-0.2, -0.15) is 0 Å². The van der Waals surface area contributed by atoms with Crippen LogP contribution in [0.15, 0.2) is 30.3 Å². The Morgan fingerprint density at radius 3 is 1.44 bits per heavy atom. The molecule has 27 heavy (non-hydrogen) atoms. The van der Waals surface area contributed by atoms with Gasteiger partial charge in [0.1, 0.15) is 0 Å². The molecule has 1 aromatic carbocycles. The summed E-state index contributed by atoms with van der Waals surface area (Å²) in [5, 5.41) is 0. The van der Waals surface area contributed by atoms with Crippen molar-refractivity contribution in [2.75, 3.05) is 0 Å². The molecule has 0 N–H and O–H groups in total. The molecule has 0 heteroatoms. The van der Waals surface area contributed by atoms with E-state index in [4.69, 9.17) is 0 Å². The van der Waals surface area contributed by atoms with Gasteiger partial charge < -0.3 is 0 Å². The Kier molecular flexibility index (Phi) is 14.6. The summed E-state index contributed by atoms with van der Waals surface area (Å²) in [6.45, 7) is 7.05. The molecule has 0 aliphatic rings. The molecule has 0 saturated carbocycles. The molecule has 0 fully saturated rings. The van der Waals surface area contributed by atoms with E-state index in [1.807, 2.05) is 0 Å². The second-order valence-corrected chi connectivity index (χ2v) is 9.24. The van der Waals surface area contributed by atoms with Gasteiger partial charge >= 0.3 is 0 Å². The van der Waals surface area contributed by atoms with E-state index >= 15 is 0 Å². The van der Waals surface area contributed by atoms with Crippen LogP contribution in [0.3, 0.4) is 0 Å². The highest BCUT2D eigenvalue weighted by molar-refractivity contribution is 5.24. The molecular formula is C27H47. The van der Waals surface area contributed by atoms with E-state index in [0.29, 0.717) is 5.41 Å². The van der Waals surface area contributed by atoms with Crippen molar-refractivity contribution in [2.24, 2.45) is 5.41 Å². The Morgan fingerprint density at radius 1 is 0.593 bits per heavy atom. The van der Waals surface area contributed by atoms with Crippen molar-refractivity contribution in [3.8, 4) is 0 Å². The lowest BCUT2D eigenvalue weighted by atomic mass is 9.81. The molecule has 0 heterocycles. The summed E-state index contributed by atoms with van der Waals surface area (Å²) >= 11 is 0. The van der Waals surface area contributed by atoms with Crippen molar-refractivity contribution in [1.29, 1.82) is 0 Å². The van der Waals surface area contributed by atoms with Crippen molar-refractivity contribution < 1.29 is 0 Å². The van der Waals surface area contributed by atoms with Crippen molar-refractivity contribution in [2.45, 2.75) is 124 Å². The smallest absolute Gasteiger partial charge is 0.00366 e. The van der Waals surface area contributed by atoms with E-state index < -0.39 is 0 Å². The summed E-state index contributed by atoms with van der Waals surface area (Å²) in [6.07, 6.45) is 25.4. The third-order valence-electron chi connectivity index (χ3n) is 5.78. The fourth-order valence-corrected chi connectivity index (χ4v) is 4.02. The molecule has 0 aromatic heterocycles. The van der Waals surface area contributed by atoms with Crippen LogP contribution in [0.25, 0.3) is 0 Å². The first-order valence-corrected chi connectivity index (χ1v) is 12.0. The van der Waals surface area contributed by atoms with Crippen LogP contribution in [0.4, 0.5) is 0 Å². The second kappa shape index (κ2) is 16.2. The average Bonchev–Trinajstić information content (AvgIpc) is 2.65. The Morgan fingerprint density at radius 2 is 1.00 bits per heavy atom. The van der Waals surface area contributed by atoms with Crippen molar-refractivity contribution >= 4 is 0 Å². The second-order valence-electron chi connectivity index (χ2n) is 9.24. The third kappa shape index (κ3) is 14.9. The van der Waals surface area contributed by atoms with Gasteiger partial charge in [0.25, 0.3) is 0 Å². The maximum absolute atomic E-state index is 2.44. The molecule has 1 rings (SSSR count). The number of rotatable bonds is 18. The molecule has 0 atom stereocenters. The largest absolute Gasteiger partial charge is 0.0654 e. The number of benzene rings is 1. The topological polar surface area (TPSA) is 0 Å². The molecule has 1 radical (unpaired) electrons. The van der Waals surface area contributed by atoms with Gasteiger partial charge in [0.2, 0.25) is 0 Å². The van der Waals surface area contributed by atoms with Crippen molar-refractivity contribution in [3.05, 3.63) is 42.3 Å². The van der Waals surface area contributed by atoms with Crippen LogP contribution in [0.5, 0.6) is 0 Å². The van der Waals surface area contributed by atoms with Crippen LogP contribution in [0.1, 0.15) is 129 Å². The minimum absolute atomic E-state index is 0.317. The maximum Gasteiger partial charge on any atom is -0.00366 e. The molecular weight excluding hydrogens is 324 g/mol. The van der Waals surface area contributed by atoms with Crippen LogP contribution in [-0.2, 0) is 0 Å². The van der Waals surface area contributed by atoms with E-state index in [2.05, 4.69) is 57.5 Å². The van der Waals surface area contributed by atoms with Gasteiger partial charge in [-0.3, -0.25) is 0 Å². The van der Waals surface area contributed by atoms with Crippen molar-refractivity contribution in [3.63, 3.8) is 0 Å².